The van der Waals surface area contributed by atoms with Gasteiger partial charge in [-0.15, -0.1) is 0 Å². The molecule has 0 unspecified atom stereocenters. The molecule has 0 bridgehead atoms. The van der Waals surface area contributed by atoms with E-state index in [0.717, 1.165) is 48.6 Å². The van der Waals surface area contributed by atoms with Crippen molar-refractivity contribution in [2.24, 2.45) is 0 Å². The van der Waals surface area contributed by atoms with Crippen molar-refractivity contribution in [1.29, 1.82) is 0 Å². The lowest BCUT2D eigenvalue weighted by molar-refractivity contribution is -0.141. The molecule has 45 heavy (non-hydrogen) atoms. The monoisotopic (exact) mass is 633 g/mol. The summed E-state index contributed by atoms with van der Waals surface area (Å²) >= 11 is 0. The number of carbonyl (C=O) groups is 2. The molecular weight excluding hydrogens is 590 g/mol. The number of nitrogens with one attached hydrogen (secondary N) is 1. The molecule has 3 aromatic rings. The SMILES string of the molecule is Cc1ccc(CN(C(=O)CCCN(c2ccc3c(c2)OCCO3)S(C)(=O)=O)[C@@H](Cc2ccccc2)C(=O)NC2CCCC2)cc1. The van der Waals surface area contributed by atoms with E-state index < -0.39 is 16.1 Å². The first kappa shape index (κ1) is 32.3. The molecule has 1 heterocycles. The van der Waals surface area contributed by atoms with Crippen molar-refractivity contribution >= 4 is 27.5 Å². The average molecular weight is 634 g/mol. The highest BCUT2D eigenvalue weighted by molar-refractivity contribution is 7.92. The zero-order chi connectivity index (χ0) is 31.8. The van der Waals surface area contributed by atoms with Crippen LogP contribution in [0, 0.1) is 6.92 Å². The molecule has 0 saturated heterocycles. The van der Waals surface area contributed by atoms with Crippen LogP contribution in [0.4, 0.5) is 5.69 Å². The largest absolute Gasteiger partial charge is 0.486 e. The van der Waals surface area contributed by atoms with Gasteiger partial charge in [0, 0.05) is 38.0 Å². The first-order valence-corrected chi connectivity index (χ1v) is 17.6. The van der Waals surface area contributed by atoms with Gasteiger partial charge in [0.2, 0.25) is 21.8 Å². The Morgan fingerprint density at radius 3 is 2.29 bits per heavy atom. The van der Waals surface area contributed by atoms with E-state index in [-0.39, 0.29) is 43.8 Å². The van der Waals surface area contributed by atoms with Crippen LogP contribution in [0.3, 0.4) is 0 Å². The fourth-order valence-corrected chi connectivity index (χ4v) is 6.96. The minimum atomic E-state index is -3.65. The van der Waals surface area contributed by atoms with Crippen LogP contribution in [-0.4, -0.2) is 63.2 Å². The summed E-state index contributed by atoms with van der Waals surface area (Å²) in [6.45, 7) is 3.20. The standard InChI is InChI=1S/C35H43N3O6S/c1-26-14-16-28(17-15-26)25-37(31(23-27-9-4-3-5-10-27)35(40)36-29-11-6-7-12-29)34(39)13-8-20-38(45(2,41)42)30-18-19-32-33(24-30)44-22-21-43-32/h3-5,9-10,14-19,24,29,31H,6-8,11-13,20-23,25H2,1-2H3,(H,36,40)/t31-/m0/s1. The van der Waals surface area contributed by atoms with Crippen molar-refractivity contribution in [2.75, 3.05) is 30.3 Å². The second kappa shape index (κ2) is 14.8. The normalized spacial score (nSPS) is 15.3. The molecule has 3 aromatic carbocycles. The number of hydrogen-bond donors (Lipinski definition) is 1. The summed E-state index contributed by atoms with van der Waals surface area (Å²) in [7, 11) is -3.65. The van der Waals surface area contributed by atoms with Crippen LogP contribution in [0.25, 0.3) is 0 Å². The molecule has 5 rings (SSSR count). The minimum absolute atomic E-state index is 0.0738. The first-order chi connectivity index (χ1) is 21.7. The summed E-state index contributed by atoms with van der Waals surface area (Å²) in [5.74, 6) is 0.708. The number of sulfonamides is 1. The van der Waals surface area contributed by atoms with Gasteiger partial charge in [-0.3, -0.25) is 13.9 Å². The number of aryl methyl sites for hydroxylation is 1. The van der Waals surface area contributed by atoms with Crippen LogP contribution >= 0.6 is 0 Å². The molecule has 2 aliphatic rings. The number of rotatable bonds is 13. The highest BCUT2D eigenvalue weighted by atomic mass is 32.2. The van der Waals surface area contributed by atoms with Crippen molar-refractivity contribution < 1.29 is 27.5 Å². The molecule has 10 heteroatoms. The Morgan fingerprint density at radius 2 is 1.60 bits per heavy atom. The number of nitrogens with zero attached hydrogens (tertiary/aromatic N) is 2. The maximum atomic E-state index is 14.1. The number of ether oxygens (including phenoxy) is 2. The molecule has 1 fully saturated rings. The van der Waals surface area contributed by atoms with E-state index in [2.05, 4.69) is 5.32 Å². The van der Waals surface area contributed by atoms with Crippen LogP contribution < -0.4 is 19.1 Å². The highest BCUT2D eigenvalue weighted by Gasteiger charge is 2.32. The summed E-state index contributed by atoms with van der Waals surface area (Å²) in [6, 6.07) is 22.2. The Labute approximate surface area is 266 Å². The van der Waals surface area contributed by atoms with Crippen molar-refractivity contribution in [3.63, 3.8) is 0 Å². The highest BCUT2D eigenvalue weighted by Crippen LogP contribution is 2.35. The average Bonchev–Trinajstić information content (AvgIpc) is 3.54. The summed E-state index contributed by atoms with van der Waals surface area (Å²) in [5.41, 5.74) is 3.45. The Kier molecular flexibility index (Phi) is 10.7. The topological polar surface area (TPSA) is 105 Å². The molecule has 1 aliphatic carbocycles. The van der Waals surface area contributed by atoms with E-state index in [4.69, 9.17) is 9.47 Å². The fourth-order valence-electron chi connectivity index (χ4n) is 6.00. The second-order valence-electron chi connectivity index (χ2n) is 12.0. The number of hydrogen-bond acceptors (Lipinski definition) is 6. The summed E-state index contributed by atoms with van der Waals surface area (Å²) in [5, 5.41) is 3.23. The Hall–Kier alpha value is -4.05. The van der Waals surface area contributed by atoms with Crippen LogP contribution in [0.5, 0.6) is 11.5 Å². The predicted molar refractivity (Wildman–Crippen MR) is 175 cm³/mol. The Bertz CT molecular complexity index is 1560. The number of amides is 2. The van der Waals surface area contributed by atoms with E-state index in [0.29, 0.717) is 36.8 Å². The number of fused-ring (bicyclic) bond motifs is 1. The molecule has 1 saturated carbocycles. The zero-order valence-electron chi connectivity index (χ0n) is 26.1. The minimum Gasteiger partial charge on any atom is -0.486 e. The second-order valence-corrected chi connectivity index (χ2v) is 13.9. The van der Waals surface area contributed by atoms with Gasteiger partial charge in [0.1, 0.15) is 19.3 Å². The molecule has 1 N–H and O–H groups in total. The molecule has 0 spiro atoms. The molecule has 0 aromatic heterocycles. The van der Waals surface area contributed by atoms with Crippen LogP contribution in [-0.2, 0) is 32.6 Å². The van der Waals surface area contributed by atoms with E-state index in [9.17, 15) is 18.0 Å². The lowest BCUT2D eigenvalue weighted by Gasteiger charge is -2.33. The molecular formula is C35H43N3O6S. The van der Waals surface area contributed by atoms with Gasteiger partial charge in [-0.2, -0.15) is 0 Å². The van der Waals surface area contributed by atoms with Gasteiger partial charge in [0.05, 0.1) is 11.9 Å². The smallest absolute Gasteiger partial charge is 0.243 e. The number of benzene rings is 3. The molecule has 2 amide bonds. The van der Waals surface area contributed by atoms with Crippen LogP contribution in [0.1, 0.15) is 55.2 Å². The molecule has 240 valence electrons. The summed E-state index contributed by atoms with van der Waals surface area (Å²) < 4.78 is 38.2. The predicted octanol–water partition coefficient (Wildman–Crippen LogP) is 5.01. The van der Waals surface area contributed by atoms with Gasteiger partial charge in [-0.1, -0.05) is 73.0 Å². The van der Waals surface area contributed by atoms with Gasteiger partial charge in [-0.25, -0.2) is 8.42 Å². The van der Waals surface area contributed by atoms with Crippen molar-refractivity contribution in [3.05, 3.63) is 89.5 Å². The zero-order valence-corrected chi connectivity index (χ0v) is 26.9. The van der Waals surface area contributed by atoms with Crippen molar-refractivity contribution in [2.45, 2.75) is 70.5 Å². The van der Waals surface area contributed by atoms with Gasteiger partial charge >= 0.3 is 0 Å². The van der Waals surface area contributed by atoms with Gasteiger partial charge in [0.15, 0.2) is 11.5 Å². The van der Waals surface area contributed by atoms with E-state index in [1.807, 2.05) is 61.5 Å². The Morgan fingerprint density at radius 1 is 0.911 bits per heavy atom. The summed E-state index contributed by atoms with van der Waals surface area (Å²) in [4.78, 5) is 29.7. The lowest BCUT2D eigenvalue weighted by atomic mass is 10.0. The van der Waals surface area contributed by atoms with E-state index in [1.54, 1.807) is 23.1 Å². The van der Waals surface area contributed by atoms with Gasteiger partial charge in [-0.05, 0) is 49.4 Å². The first-order valence-electron chi connectivity index (χ1n) is 15.7. The van der Waals surface area contributed by atoms with Crippen LogP contribution in [0.2, 0.25) is 0 Å². The van der Waals surface area contributed by atoms with Gasteiger partial charge < -0.3 is 19.7 Å². The quantitative estimate of drug-likeness (QED) is 0.284. The maximum absolute atomic E-state index is 14.1. The van der Waals surface area contributed by atoms with E-state index >= 15 is 0 Å². The third-order valence-corrected chi connectivity index (χ3v) is 9.61. The summed E-state index contributed by atoms with van der Waals surface area (Å²) in [6.07, 6.45) is 5.93. The molecule has 0 radical (unpaired) electrons. The lowest BCUT2D eigenvalue weighted by Crippen LogP contribution is -2.52. The van der Waals surface area contributed by atoms with Crippen molar-refractivity contribution in [3.8, 4) is 11.5 Å². The number of carbonyl (C=O) groups excluding carboxylic acids is 2. The third kappa shape index (κ3) is 8.78. The third-order valence-electron chi connectivity index (χ3n) is 8.41. The maximum Gasteiger partial charge on any atom is 0.243 e. The van der Waals surface area contributed by atoms with E-state index in [1.165, 1.54) is 4.31 Å². The fraction of sp³-hybridized carbons (Fsp3) is 0.429. The molecule has 1 aliphatic heterocycles. The molecule has 9 nitrogen and oxygen atoms in total. The number of anilines is 1. The van der Waals surface area contributed by atoms with Crippen LogP contribution in [0.15, 0.2) is 72.8 Å². The van der Waals surface area contributed by atoms with Gasteiger partial charge in [0.25, 0.3) is 0 Å². The Balaban J connectivity index is 1.37. The van der Waals surface area contributed by atoms with Crippen molar-refractivity contribution in [1.82, 2.24) is 10.2 Å². The molecule has 1 atom stereocenters.